The van der Waals surface area contributed by atoms with Gasteiger partial charge in [-0.2, -0.15) is 0 Å². The van der Waals surface area contributed by atoms with E-state index in [4.69, 9.17) is 4.74 Å². The van der Waals surface area contributed by atoms with Crippen LogP contribution >= 0.6 is 0 Å². The third-order valence-corrected chi connectivity index (χ3v) is 2.57. The second-order valence-corrected chi connectivity index (χ2v) is 3.54. The summed E-state index contributed by atoms with van der Waals surface area (Å²) in [4.78, 5) is 11.3. The molecule has 0 aliphatic heterocycles. The van der Waals surface area contributed by atoms with Gasteiger partial charge < -0.3 is 14.6 Å². The molecule has 84 valence electrons. The first-order valence-electron chi connectivity index (χ1n) is 5.08. The Hall–Kier alpha value is -1.97. The van der Waals surface area contributed by atoms with E-state index < -0.39 is 0 Å². The van der Waals surface area contributed by atoms with Gasteiger partial charge in [0.1, 0.15) is 12.3 Å². The molecule has 1 heterocycles. The van der Waals surface area contributed by atoms with Crippen molar-refractivity contribution in [2.45, 2.75) is 6.54 Å². The van der Waals surface area contributed by atoms with Crippen LogP contribution in [0.3, 0.4) is 0 Å². The maximum absolute atomic E-state index is 11.3. The molecule has 0 aliphatic carbocycles. The first-order chi connectivity index (χ1) is 7.74. The standard InChI is InChI=1S/C12H14N2O2/c1-13-12(15)8-14-6-5-9-7-10(16-2)3-4-11(9)14/h3-7H,8H2,1-2H3,(H,13,15). The summed E-state index contributed by atoms with van der Waals surface area (Å²) in [5.41, 5.74) is 1.03. The van der Waals surface area contributed by atoms with Gasteiger partial charge in [-0.05, 0) is 24.3 Å². The lowest BCUT2D eigenvalue weighted by Gasteiger charge is -2.05. The number of carbonyl (C=O) groups excluding carboxylic acids is 1. The molecule has 1 amide bonds. The molecule has 0 saturated heterocycles. The predicted molar refractivity (Wildman–Crippen MR) is 62.6 cm³/mol. The summed E-state index contributed by atoms with van der Waals surface area (Å²) >= 11 is 0. The Morgan fingerprint density at radius 1 is 1.44 bits per heavy atom. The van der Waals surface area contributed by atoms with Crippen LogP contribution in [-0.2, 0) is 11.3 Å². The fourth-order valence-corrected chi connectivity index (χ4v) is 1.68. The van der Waals surface area contributed by atoms with Crippen LogP contribution in [0.5, 0.6) is 5.75 Å². The second-order valence-electron chi connectivity index (χ2n) is 3.54. The first kappa shape index (κ1) is 10.5. The summed E-state index contributed by atoms with van der Waals surface area (Å²) in [5, 5.41) is 3.68. The Bertz CT molecular complexity index is 517. The number of nitrogens with one attached hydrogen (secondary N) is 1. The number of nitrogens with zero attached hydrogens (tertiary/aromatic N) is 1. The Morgan fingerprint density at radius 2 is 2.25 bits per heavy atom. The van der Waals surface area contributed by atoms with Gasteiger partial charge in [0.05, 0.1) is 7.11 Å². The molecule has 1 aromatic heterocycles. The Labute approximate surface area is 93.8 Å². The number of likely N-dealkylation sites (N-methyl/N-ethyl adjacent to an activating group) is 1. The van der Waals surface area contributed by atoms with E-state index in [-0.39, 0.29) is 5.91 Å². The molecule has 0 radical (unpaired) electrons. The van der Waals surface area contributed by atoms with E-state index >= 15 is 0 Å². The number of aromatic nitrogens is 1. The van der Waals surface area contributed by atoms with Gasteiger partial charge in [0.15, 0.2) is 0 Å². The van der Waals surface area contributed by atoms with Crippen molar-refractivity contribution < 1.29 is 9.53 Å². The number of rotatable bonds is 3. The highest BCUT2D eigenvalue weighted by atomic mass is 16.5. The molecule has 0 bridgehead atoms. The van der Waals surface area contributed by atoms with Crippen molar-refractivity contribution in [1.82, 2.24) is 9.88 Å². The van der Waals surface area contributed by atoms with Gasteiger partial charge in [-0.15, -0.1) is 0 Å². The Morgan fingerprint density at radius 3 is 2.94 bits per heavy atom. The van der Waals surface area contributed by atoms with Crippen LogP contribution < -0.4 is 10.1 Å². The van der Waals surface area contributed by atoms with E-state index in [2.05, 4.69) is 5.32 Å². The highest BCUT2D eigenvalue weighted by molar-refractivity contribution is 5.84. The van der Waals surface area contributed by atoms with Crippen LogP contribution in [0.15, 0.2) is 30.5 Å². The Balaban J connectivity index is 2.37. The summed E-state index contributed by atoms with van der Waals surface area (Å²) in [6, 6.07) is 7.77. The highest BCUT2D eigenvalue weighted by Crippen LogP contribution is 2.21. The zero-order valence-corrected chi connectivity index (χ0v) is 9.36. The third-order valence-electron chi connectivity index (χ3n) is 2.57. The largest absolute Gasteiger partial charge is 0.497 e. The fourth-order valence-electron chi connectivity index (χ4n) is 1.68. The summed E-state index contributed by atoms with van der Waals surface area (Å²) in [5.74, 6) is 0.818. The number of hydrogen-bond acceptors (Lipinski definition) is 2. The molecule has 2 rings (SSSR count). The van der Waals surface area contributed by atoms with Gasteiger partial charge in [-0.1, -0.05) is 0 Å². The van der Waals surface area contributed by atoms with E-state index in [1.54, 1.807) is 14.2 Å². The molecule has 0 saturated carbocycles. The summed E-state index contributed by atoms with van der Waals surface area (Å²) in [7, 11) is 3.28. The molecule has 0 spiro atoms. The maximum atomic E-state index is 11.3. The minimum absolute atomic E-state index is 0.00619. The fraction of sp³-hybridized carbons (Fsp3) is 0.250. The average Bonchev–Trinajstić information content (AvgIpc) is 2.71. The molecule has 4 nitrogen and oxygen atoms in total. The number of ether oxygens (including phenoxy) is 1. The summed E-state index contributed by atoms with van der Waals surface area (Å²) in [6.07, 6.45) is 1.90. The molecule has 1 N–H and O–H groups in total. The number of benzene rings is 1. The molecule has 1 aromatic carbocycles. The van der Waals surface area contributed by atoms with Crippen LogP contribution in [0.1, 0.15) is 0 Å². The van der Waals surface area contributed by atoms with E-state index in [0.29, 0.717) is 6.54 Å². The molecule has 2 aromatic rings. The normalized spacial score (nSPS) is 10.4. The number of fused-ring (bicyclic) bond motifs is 1. The average molecular weight is 218 g/mol. The zero-order valence-electron chi connectivity index (χ0n) is 9.36. The van der Waals surface area contributed by atoms with Crippen LogP contribution in [-0.4, -0.2) is 24.6 Å². The SMILES string of the molecule is CNC(=O)Cn1ccc2cc(OC)ccc21. The predicted octanol–water partition coefficient (Wildman–Crippen LogP) is 1.40. The lowest BCUT2D eigenvalue weighted by Crippen LogP contribution is -2.22. The minimum atomic E-state index is -0.00619. The molecule has 16 heavy (non-hydrogen) atoms. The smallest absolute Gasteiger partial charge is 0.239 e. The molecule has 4 heteroatoms. The van der Waals surface area contributed by atoms with Crippen molar-refractivity contribution in [2.75, 3.05) is 14.2 Å². The first-order valence-corrected chi connectivity index (χ1v) is 5.08. The van der Waals surface area contributed by atoms with Crippen molar-refractivity contribution >= 4 is 16.8 Å². The molecule has 0 aliphatic rings. The van der Waals surface area contributed by atoms with Crippen molar-refractivity contribution in [3.63, 3.8) is 0 Å². The van der Waals surface area contributed by atoms with Crippen LogP contribution in [0.2, 0.25) is 0 Å². The van der Waals surface area contributed by atoms with Gasteiger partial charge >= 0.3 is 0 Å². The van der Waals surface area contributed by atoms with Gasteiger partial charge in [0, 0.05) is 24.1 Å². The van der Waals surface area contributed by atoms with Crippen LogP contribution in [0, 0.1) is 0 Å². The monoisotopic (exact) mass is 218 g/mol. The van der Waals surface area contributed by atoms with Crippen LogP contribution in [0.4, 0.5) is 0 Å². The number of amides is 1. The summed E-state index contributed by atoms with van der Waals surface area (Å²) < 4.78 is 7.06. The second kappa shape index (κ2) is 4.26. The van der Waals surface area contributed by atoms with Crippen LogP contribution in [0.25, 0.3) is 10.9 Å². The van der Waals surface area contributed by atoms with Gasteiger partial charge in [-0.3, -0.25) is 4.79 Å². The zero-order chi connectivity index (χ0) is 11.5. The molecular formula is C12H14N2O2. The lowest BCUT2D eigenvalue weighted by molar-refractivity contribution is -0.121. The van der Waals surface area contributed by atoms with Crippen molar-refractivity contribution in [1.29, 1.82) is 0 Å². The maximum Gasteiger partial charge on any atom is 0.239 e. The quantitative estimate of drug-likeness (QED) is 0.846. The van der Waals surface area contributed by atoms with E-state index in [0.717, 1.165) is 16.7 Å². The topological polar surface area (TPSA) is 43.3 Å². The molecule has 0 unspecified atom stereocenters. The van der Waals surface area contributed by atoms with Gasteiger partial charge in [-0.25, -0.2) is 0 Å². The molecule has 0 atom stereocenters. The minimum Gasteiger partial charge on any atom is -0.497 e. The molecular weight excluding hydrogens is 204 g/mol. The third kappa shape index (κ3) is 1.86. The van der Waals surface area contributed by atoms with E-state index in [1.807, 2.05) is 35.0 Å². The highest BCUT2D eigenvalue weighted by Gasteiger charge is 2.05. The Kier molecular flexibility index (Phi) is 2.81. The molecule has 0 fully saturated rings. The number of carbonyl (C=O) groups is 1. The van der Waals surface area contributed by atoms with Crippen molar-refractivity contribution in [3.05, 3.63) is 30.5 Å². The lowest BCUT2D eigenvalue weighted by atomic mass is 10.2. The van der Waals surface area contributed by atoms with E-state index in [9.17, 15) is 4.79 Å². The number of methoxy groups -OCH3 is 1. The summed E-state index contributed by atoms with van der Waals surface area (Å²) in [6.45, 7) is 0.340. The van der Waals surface area contributed by atoms with Crippen molar-refractivity contribution in [3.8, 4) is 5.75 Å². The van der Waals surface area contributed by atoms with Crippen molar-refractivity contribution in [2.24, 2.45) is 0 Å². The number of hydrogen-bond donors (Lipinski definition) is 1. The van der Waals surface area contributed by atoms with E-state index in [1.165, 1.54) is 0 Å². The van der Waals surface area contributed by atoms with Gasteiger partial charge in [0.2, 0.25) is 5.91 Å². The van der Waals surface area contributed by atoms with Gasteiger partial charge in [0.25, 0.3) is 0 Å².